The van der Waals surface area contributed by atoms with E-state index in [1.807, 2.05) is 17.5 Å². The number of carboxylic acid groups (broad SMARTS) is 1. The molecule has 34 heavy (non-hydrogen) atoms. The monoisotopic (exact) mass is 552 g/mol. The minimum absolute atomic E-state index is 0.00467. The van der Waals surface area contributed by atoms with Gasteiger partial charge in [0, 0.05) is 38.3 Å². The largest absolute Gasteiger partial charge is 0.480 e. The number of amides is 2. The predicted molar refractivity (Wildman–Crippen MR) is 137 cm³/mol. The average molecular weight is 553 g/mol. The number of nitrogens with one attached hydrogen (secondary N) is 1. The van der Waals surface area contributed by atoms with Gasteiger partial charge in [0.15, 0.2) is 5.43 Å². The van der Waals surface area contributed by atoms with Gasteiger partial charge in [0.05, 0.1) is 10.6 Å². The number of carbonyl (C=O) groups excluding carboxylic acids is 2. The molecule has 4 heterocycles. The van der Waals surface area contributed by atoms with Crippen molar-refractivity contribution in [3.05, 3.63) is 61.9 Å². The van der Waals surface area contributed by atoms with Gasteiger partial charge in [-0.15, -0.1) is 34.4 Å². The molecule has 2 aromatic heterocycles. The van der Waals surface area contributed by atoms with Crippen LogP contribution in [0.2, 0.25) is 5.02 Å². The van der Waals surface area contributed by atoms with Gasteiger partial charge >= 0.3 is 5.97 Å². The van der Waals surface area contributed by atoms with Gasteiger partial charge < -0.3 is 15.3 Å². The molecule has 0 spiro atoms. The van der Waals surface area contributed by atoms with E-state index in [9.17, 15) is 24.3 Å². The highest BCUT2D eigenvalue weighted by Crippen LogP contribution is 2.47. The van der Waals surface area contributed by atoms with Crippen molar-refractivity contribution in [2.24, 2.45) is 0 Å². The molecule has 176 valence electrons. The summed E-state index contributed by atoms with van der Waals surface area (Å²) < 4.78 is -0.0780. The van der Waals surface area contributed by atoms with Crippen molar-refractivity contribution in [1.82, 2.24) is 10.2 Å². The van der Waals surface area contributed by atoms with Crippen molar-refractivity contribution in [2.45, 2.75) is 26.8 Å². The lowest BCUT2D eigenvalue weighted by Crippen LogP contribution is -2.74. The lowest BCUT2D eigenvalue weighted by atomic mass is 10.0. The molecule has 0 saturated carbocycles. The van der Waals surface area contributed by atoms with Crippen LogP contribution in [0.1, 0.15) is 4.88 Å². The third-order valence-corrected chi connectivity index (χ3v) is 11.0. The second-order valence-corrected chi connectivity index (χ2v) is 13.3. The van der Waals surface area contributed by atoms with E-state index >= 15 is 0 Å². The van der Waals surface area contributed by atoms with Crippen molar-refractivity contribution < 1.29 is 19.5 Å². The van der Waals surface area contributed by atoms with Gasteiger partial charge in [0.1, 0.15) is 16.2 Å². The highest BCUT2D eigenvalue weighted by Gasteiger charge is 2.58. The average Bonchev–Trinajstić information content (AvgIpc) is 3.30. The summed E-state index contributed by atoms with van der Waals surface area (Å²) in [6, 6.07) is 9.50. The molecule has 3 aromatic rings. The molecule has 2 amide bonds. The highest BCUT2D eigenvalue weighted by molar-refractivity contribution is 8.06. The van der Waals surface area contributed by atoms with Crippen molar-refractivity contribution in [2.75, 3.05) is 12.3 Å². The van der Waals surface area contributed by atoms with Crippen LogP contribution in [0.15, 0.2) is 50.8 Å². The molecule has 2 aliphatic rings. The molecule has 2 fully saturated rings. The molecule has 0 bridgehead atoms. The van der Waals surface area contributed by atoms with E-state index in [2.05, 4.69) is 5.32 Å². The van der Waals surface area contributed by atoms with Gasteiger partial charge in [-0.1, -0.05) is 29.4 Å². The third kappa shape index (κ3) is 4.35. The number of benzene rings is 1. The van der Waals surface area contributed by atoms with E-state index in [0.717, 1.165) is 16.6 Å². The normalized spacial score (nSPS) is 23.9. The van der Waals surface area contributed by atoms with E-state index in [-0.39, 0.29) is 41.3 Å². The molecular formula is C22H17ClN2O5S4. The fraction of sp³-hybridized carbons (Fsp3) is 0.273. The Labute approximate surface area is 215 Å². The number of aliphatic carboxylic acids is 1. The van der Waals surface area contributed by atoms with Gasteiger partial charge in [0.2, 0.25) is 11.8 Å². The lowest BCUT2D eigenvalue weighted by molar-refractivity contribution is -0.152. The van der Waals surface area contributed by atoms with Gasteiger partial charge in [-0.3, -0.25) is 19.2 Å². The number of carbonyl (C=O) groups is 3. The molecule has 0 aliphatic carbocycles. The zero-order valence-corrected chi connectivity index (χ0v) is 21.4. The van der Waals surface area contributed by atoms with Gasteiger partial charge in [-0.05, 0) is 29.6 Å². The van der Waals surface area contributed by atoms with E-state index in [0.29, 0.717) is 19.3 Å². The van der Waals surface area contributed by atoms with E-state index in [4.69, 9.17) is 11.6 Å². The van der Waals surface area contributed by atoms with Crippen molar-refractivity contribution in [3.8, 4) is 0 Å². The number of fused-ring (bicyclic) bond motifs is 2. The fourth-order valence-electron chi connectivity index (χ4n) is 3.93. The number of carboxylic acids is 1. The van der Waals surface area contributed by atoms with Crippen molar-refractivity contribution in [1.29, 1.82) is 0 Å². The molecule has 0 radical (unpaired) electrons. The molecule has 7 nitrogen and oxygen atoms in total. The first-order valence-electron chi connectivity index (χ1n) is 10.2. The Morgan fingerprint density at radius 1 is 1.26 bits per heavy atom. The summed E-state index contributed by atoms with van der Waals surface area (Å²) in [6.45, 7) is -0.00467. The molecule has 2 aliphatic heterocycles. The van der Waals surface area contributed by atoms with Gasteiger partial charge in [0.25, 0.3) is 0 Å². The van der Waals surface area contributed by atoms with Crippen LogP contribution < -0.4 is 10.7 Å². The Hall–Kier alpha value is -2.05. The number of nitrogens with zero attached hydrogens (tertiary/aromatic N) is 1. The highest BCUT2D eigenvalue weighted by atomic mass is 35.5. The summed E-state index contributed by atoms with van der Waals surface area (Å²) in [5.74, 6) is -1.34. The molecule has 1 aromatic carbocycles. The van der Waals surface area contributed by atoms with Crippen LogP contribution in [0, 0.1) is 0 Å². The Morgan fingerprint density at radius 2 is 2.09 bits per heavy atom. The summed E-state index contributed by atoms with van der Waals surface area (Å²) in [4.78, 5) is 52.5. The first-order valence-corrected chi connectivity index (χ1v) is 14.1. The topological polar surface area (TPSA) is 104 Å². The fourth-order valence-corrected chi connectivity index (χ4v) is 9.31. The summed E-state index contributed by atoms with van der Waals surface area (Å²) in [7, 11) is 0. The number of rotatable bonds is 6. The number of hydrogen-bond acceptors (Lipinski definition) is 8. The van der Waals surface area contributed by atoms with Gasteiger partial charge in [-0.2, -0.15) is 0 Å². The number of hydrogen-bond donors (Lipinski definition) is 2. The van der Waals surface area contributed by atoms with Crippen LogP contribution in [0.3, 0.4) is 0 Å². The molecular weight excluding hydrogens is 536 g/mol. The predicted octanol–water partition coefficient (Wildman–Crippen LogP) is 3.53. The minimum Gasteiger partial charge on any atom is -0.480 e. The summed E-state index contributed by atoms with van der Waals surface area (Å²) >= 11 is 11.3. The van der Waals surface area contributed by atoms with Crippen LogP contribution in [-0.4, -0.2) is 56.3 Å². The van der Waals surface area contributed by atoms with Crippen LogP contribution in [0.5, 0.6) is 0 Å². The van der Waals surface area contributed by atoms with Crippen molar-refractivity contribution >= 4 is 85.7 Å². The summed E-state index contributed by atoms with van der Waals surface area (Å²) in [5.41, 5.74) is -0.205. The quantitative estimate of drug-likeness (QED) is 0.451. The Morgan fingerprint density at radius 3 is 2.82 bits per heavy atom. The Kier molecular flexibility index (Phi) is 6.40. The molecule has 3 atom stereocenters. The van der Waals surface area contributed by atoms with Crippen LogP contribution in [-0.2, 0) is 20.8 Å². The summed E-state index contributed by atoms with van der Waals surface area (Å²) in [5, 5.41) is 15.5. The maximum Gasteiger partial charge on any atom is 0.322 e. The number of halogens is 1. The molecule has 12 heteroatoms. The first-order chi connectivity index (χ1) is 16.3. The van der Waals surface area contributed by atoms with E-state index in [1.165, 1.54) is 45.4 Å². The molecule has 2 N–H and O–H groups in total. The standard InChI is InChI=1S/C22H17ClN2O5S4/c23-11-3-4-13-14(26)8-17(33-15(13)6-11)34-22(21(29)30)9-25-19(28)18(20(25)32-10-22)24-16(27)7-12-2-1-5-31-12/h1-6,8,18,20H,7,9-10H2,(H,24,27)(H,29,30)/t18?,20-,22?/m1/s1. The number of β-lactam (4-membered cyclic amide) rings is 1. The molecule has 2 saturated heterocycles. The SMILES string of the molecule is O=C(Cc1cccs1)NC1C(=O)N2CC(Sc3cc(=O)c4ccc(Cl)cc4s3)(C(=O)O)CS[C@H]12. The van der Waals surface area contributed by atoms with E-state index < -0.39 is 16.8 Å². The second kappa shape index (κ2) is 9.19. The minimum atomic E-state index is -1.31. The lowest BCUT2D eigenvalue weighted by Gasteiger charge is -2.53. The number of thioether (sulfide) groups is 2. The Balaban J connectivity index is 1.32. The van der Waals surface area contributed by atoms with Crippen molar-refractivity contribution in [3.63, 3.8) is 0 Å². The zero-order valence-electron chi connectivity index (χ0n) is 17.4. The summed E-state index contributed by atoms with van der Waals surface area (Å²) in [6.07, 6.45) is 0.207. The number of thiophene rings is 1. The van der Waals surface area contributed by atoms with Crippen LogP contribution >= 0.6 is 57.8 Å². The second-order valence-electron chi connectivity index (χ2n) is 7.94. The smallest absolute Gasteiger partial charge is 0.322 e. The first kappa shape index (κ1) is 23.7. The van der Waals surface area contributed by atoms with Crippen LogP contribution in [0.25, 0.3) is 10.1 Å². The molecule has 5 rings (SSSR count). The maximum absolute atomic E-state index is 12.8. The maximum atomic E-state index is 12.8. The third-order valence-electron chi connectivity index (χ3n) is 5.64. The zero-order chi connectivity index (χ0) is 24.0. The van der Waals surface area contributed by atoms with E-state index in [1.54, 1.807) is 18.2 Å². The Bertz CT molecular complexity index is 1360. The van der Waals surface area contributed by atoms with Crippen LogP contribution in [0.4, 0.5) is 0 Å². The van der Waals surface area contributed by atoms with Gasteiger partial charge in [-0.25, -0.2) is 0 Å². The molecule has 2 unspecified atom stereocenters.